The lowest BCUT2D eigenvalue weighted by Gasteiger charge is -2.05. The van der Waals surface area contributed by atoms with Crippen molar-refractivity contribution in [2.45, 2.75) is 13.1 Å². The molecule has 0 unspecified atom stereocenters. The summed E-state index contributed by atoms with van der Waals surface area (Å²) >= 11 is 0. The second-order valence-electron chi connectivity index (χ2n) is 8.11. The third-order valence-electron chi connectivity index (χ3n) is 5.58. The number of hydrogen-bond donors (Lipinski definition) is 2. The highest BCUT2D eigenvalue weighted by Gasteiger charge is 2.14. The average Bonchev–Trinajstić information content (AvgIpc) is 2.90. The Kier molecular flexibility index (Phi) is 7.67. The van der Waals surface area contributed by atoms with Gasteiger partial charge in [0.1, 0.15) is 0 Å². The molecule has 8 heteroatoms. The fourth-order valence-corrected chi connectivity index (χ4v) is 3.78. The number of Topliss-reactive ketones (excluding diaryl/α,β-unsaturated/α-hetero) is 2. The monoisotopic (exact) mass is 480 g/mol. The molecule has 0 bridgehead atoms. The van der Waals surface area contributed by atoms with E-state index in [4.69, 9.17) is 10.4 Å². The molecule has 4 rings (SSSR count). The number of ketones is 2. The summed E-state index contributed by atoms with van der Waals surface area (Å²) in [5, 5.41) is 23.4. The number of oxime groups is 2. The number of hydrogen-bond acceptors (Lipinski definition) is 6. The molecule has 36 heavy (non-hydrogen) atoms. The van der Waals surface area contributed by atoms with Gasteiger partial charge in [-0.25, -0.2) is 0 Å². The van der Waals surface area contributed by atoms with Crippen LogP contribution in [-0.4, -0.2) is 34.4 Å². The van der Waals surface area contributed by atoms with Crippen molar-refractivity contribution >= 4 is 24.0 Å². The summed E-state index contributed by atoms with van der Waals surface area (Å²) in [6.07, 6.45) is 9.63. The zero-order valence-corrected chi connectivity index (χ0v) is 19.3. The van der Waals surface area contributed by atoms with Crippen LogP contribution in [0, 0.1) is 0 Å². The van der Waals surface area contributed by atoms with Crippen molar-refractivity contribution < 1.29 is 29.1 Å². The van der Waals surface area contributed by atoms with Gasteiger partial charge in [-0.2, -0.15) is 9.13 Å². The van der Waals surface area contributed by atoms with Crippen LogP contribution in [0.5, 0.6) is 0 Å². The van der Waals surface area contributed by atoms with E-state index < -0.39 is 0 Å². The molecule has 2 heterocycles. The van der Waals surface area contributed by atoms with E-state index in [1.807, 2.05) is 24.3 Å². The smallest absolute Gasteiger partial charge is 0.227 e. The van der Waals surface area contributed by atoms with E-state index in [1.165, 1.54) is 12.4 Å². The van der Waals surface area contributed by atoms with Gasteiger partial charge in [0.05, 0.1) is 23.6 Å². The second-order valence-corrected chi connectivity index (χ2v) is 8.11. The van der Waals surface area contributed by atoms with Crippen LogP contribution in [0.15, 0.2) is 108 Å². The molecular formula is C28H24N4O4+2. The van der Waals surface area contributed by atoms with Crippen LogP contribution >= 0.6 is 0 Å². The first-order chi connectivity index (χ1) is 17.6. The quantitative estimate of drug-likeness (QED) is 0.126. The highest BCUT2D eigenvalue weighted by molar-refractivity contribution is 5.96. The topological polar surface area (TPSA) is 107 Å². The van der Waals surface area contributed by atoms with Crippen molar-refractivity contribution in [3.8, 4) is 11.1 Å². The van der Waals surface area contributed by atoms with Gasteiger partial charge in [0, 0.05) is 23.3 Å². The largest absolute Gasteiger partial charge is 0.411 e. The number of carbonyl (C=O) groups excluding carboxylic acids is 2. The van der Waals surface area contributed by atoms with Gasteiger partial charge in [-0.05, 0) is 23.3 Å². The Balaban J connectivity index is 1.41. The molecule has 8 nitrogen and oxygen atoms in total. The Bertz CT molecular complexity index is 1320. The maximum Gasteiger partial charge on any atom is 0.227 e. The van der Waals surface area contributed by atoms with Crippen molar-refractivity contribution in [1.29, 1.82) is 0 Å². The summed E-state index contributed by atoms with van der Waals surface area (Å²) in [6, 6.07) is 21.8. The lowest BCUT2D eigenvalue weighted by molar-refractivity contribution is -0.683. The molecule has 2 aromatic heterocycles. The number of rotatable bonds is 9. The number of nitrogens with zero attached hydrogens (tertiary/aromatic N) is 4. The van der Waals surface area contributed by atoms with E-state index in [1.54, 1.807) is 82.5 Å². The van der Waals surface area contributed by atoms with Crippen LogP contribution in [-0.2, 0) is 13.1 Å². The van der Waals surface area contributed by atoms with Crippen LogP contribution in [0.25, 0.3) is 11.1 Å². The normalized spacial score (nSPS) is 11.2. The van der Waals surface area contributed by atoms with E-state index in [2.05, 4.69) is 10.3 Å². The molecule has 2 N–H and O–H groups in total. The maximum absolute atomic E-state index is 12.7. The van der Waals surface area contributed by atoms with Gasteiger partial charge in [-0.3, -0.25) is 9.59 Å². The molecule has 0 aliphatic rings. The fourth-order valence-electron chi connectivity index (χ4n) is 3.78. The zero-order chi connectivity index (χ0) is 25.3. The molecule has 0 saturated heterocycles. The minimum atomic E-state index is -0.0441. The Morgan fingerprint density at radius 2 is 1.03 bits per heavy atom. The third kappa shape index (κ3) is 6.12. The molecule has 0 amide bonds. The summed E-state index contributed by atoms with van der Waals surface area (Å²) < 4.78 is 3.47. The van der Waals surface area contributed by atoms with Crippen molar-refractivity contribution in [3.05, 3.63) is 120 Å². The molecule has 0 atom stereocenters. The Hall–Kier alpha value is -4.98. The first kappa shape index (κ1) is 24.2. The summed E-state index contributed by atoms with van der Waals surface area (Å²) in [6.45, 7) is 0.327. The highest BCUT2D eigenvalue weighted by atomic mass is 16.4. The fraction of sp³-hybridized carbons (Fsp3) is 0.0714. The lowest BCUT2D eigenvalue weighted by Crippen LogP contribution is -2.37. The molecule has 178 valence electrons. The van der Waals surface area contributed by atoms with Crippen molar-refractivity contribution in [2.75, 3.05) is 0 Å². The Morgan fingerprint density at radius 3 is 1.39 bits per heavy atom. The van der Waals surface area contributed by atoms with Gasteiger partial charge >= 0.3 is 0 Å². The van der Waals surface area contributed by atoms with Crippen molar-refractivity contribution in [1.82, 2.24) is 0 Å². The van der Waals surface area contributed by atoms with Crippen molar-refractivity contribution in [2.24, 2.45) is 10.3 Å². The van der Waals surface area contributed by atoms with E-state index in [0.29, 0.717) is 22.3 Å². The van der Waals surface area contributed by atoms with Gasteiger partial charge in [0.2, 0.25) is 24.7 Å². The summed E-state index contributed by atoms with van der Waals surface area (Å²) in [4.78, 5) is 25.4. The minimum absolute atomic E-state index is 0.0441. The highest BCUT2D eigenvalue weighted by Crippen LogP contribution is 2.21. The van der Waals surface area contributed by atoms with Crippen LogP contribution < -0.4 is 9.13 Å². The van der Waals surface area contributed by atoms with E-state index in [0.717, 1.165) is 11.1 Å². The molecule has 0 fully saturated rings. The average molecular weight is 481 g/mol. The van der Waals surface area contributed by atoms with Gasteiger partial charge < -0.3 is 10.4 Å². The van der Waals surface area contributed by atoms with Crippen LogP contribution in [0.3, 0.4) is 0 Å². The van der Waals surface area contributed by atoms with Crippen LogP contribution in [0.4, 0.5) is 0 Å². The van der Waals surface area contributed by atoms with E-state index in [9.17, 15) is 9.59 Å². The molecule has 0 saturated carbocycles. The molecule has 0 spiro atoms. The number of pyridine rings is 2. The SMILES string of the molecule is O=C(C[n+]1cccc(C=NO)c1)c1ccc(-c2ccc(C(=O)C[n+]3cccc(C=NO)c3)cc2)cc1. The summed E-state index contributed by atoms with van der Waals surface area (Å²) in [5.41, 5.74) is 4.42. The molecule has 0 radical (unpaired) electrons. The first-order valence-corrected chi connectivity index (χ1v) is 11.2. The summed E-state index contributed by atoms with van der Waals surface area (Å²) in [7, 11) is 0. The lowest BCUT2D eigenvalue weighted by atomic mass is 10.00. The molecular weight excluding hydrogens is 456 g/mol. The molecule has 4 aromatic rings. The standard InChI is InChI=1S/C28H22N4O4/c33-27(19-31-13-1-3-21(17-31)15-29-35)25-9-5-23(6-10-25)24-7-11-26(12-8-24)28(34)20-32-14-2-4-22(18-32)16-30-36/h1-18H,19-20H2/p+2. The van der Waals surface area contributed by atoms with Gasteiger partial charge in [-0.1, -0.05) is 58.8 Å². The van der Waals surface area contributed by atoms with E-state index in [-0.39, 0.29) is 24.7 Å². The minimum Gasteiger partial charge on any atom is -0.411 e. The van der Waals surface area contributed by atoms with Crippen LogP contribution in [0.2, 0.25) is 0 Å². The second kappa shape index (κ2) is 11.4. The predicted octanol–water partition coefficient (Wildman–Crippen LogP) is 3.31. The third-order valence-corrected chi connectivity index (χ3v) is 5.58. The number of benzene rings is 2. The first-order valence-electron chi connectivity index (χ1n) is 11.2. The van der Waals surface area contributed by atoms with E-state index >= 15 is 0 Å². The Morgan fingerprint density at radius 1 is 0.639 bits per heavy atom. The maximum atomic E-state index is 12.7. The van der Waals surface area contributed by atoms with Crippen LogP contribution in [0.1, 0.15) is 31.8 Å². The zero-order valence-electron chi connectivity index (χ0n) is 19.3. The summed E-state index contributed by atoms with van der Waals surface area (Å²) in [5.74, 6) is -0.0881. The van der Waals surface area contributed by atoms with Crippen molar-refractivity contribution in [3.63, 3.8) is 0 Å². The molecule has 0 aliphatic heterocycles. The number of carbonyl (C=O) groups is 2. The predicted molar refractivity (Wildman–Crippen MR) is 133 cm³/mol. The molecule has 2 aromatic carbocycles. The Labute approximate surface area is 207 Å². The molecule has 0 aliphatic carbocycles. The van der Waals surface area contributed by atoms with Gasteiger partial charge in [-0.15, -0.1) is 0 Å². The number of aromatic nitrogens is 2. The van der Waals surface area contributed by atoms with Gasteiger partial charge in [0.25, 0.3) is 0 Å². The van der Waals surface area contributed by atoms with Gasteiger partial charge in [0.15, 0.2) is 24.8 Å².